The van der Waals surface area contributed by atoms with Gasteiger partial charge in [-0.25, -0.2) is 0 Å². The van der Waals surface area contributed by atoms with Gasteiger partial charge in [0, 0.05) is 12.8 Å². The van der Waals surface area contributed by atoms with Crippen LogP contribution in [0.5, 0.6) is 0 Å². The fourth-order valence-corrected chi connectivity index (χ4v) is 4.47. The number of rotatable bonds is 32. The number of carbonyl (C=O) groups is 3. The number of hydrogen-bond acceptors (Lipinski definition) is 6. The summed E-state index contributed by atoms with van der Waals surface area (Å²) in [4.78, 5) is 37.4. The lowest BCUT2D eigenvalue weighted by atomic mass is 10.1. The van der Waals surface area contributed by atoms with E-state index in [1.807, 2.05) is 6.08 Å². The zero-order chi connectivity index (χ0) is 37.3. The number of ether oxygens (including phenoxy) is 3. The normalized spacial score (nSPS) is 13.2. The van der Waals surface area contributed by atoms with Crippen molar-refractivity contribution in [3.8, 4) is 0 Å². The van der Waals surface area contributed by atoms with Crippen LogP contribution in [0.1, 0.15) is 136 Å². The molecule has 51 heavy (non-hydrogen) atoms. The van der Waals surface area contributed by atoms with Crippen molar-refractivity contribution in [2.24, 2.45) is 0 Å². The molecule has 0 rings (SSSR count). The van der Waals surface area contributed by atoms with E-state index < -0.39 is 18.0 Å². The summed E-state index contributed by atoms with van der Waals surface area (Å²) in [5, 5.41) is 0. The van der Waals surface area contributed by atoms with Gasteiger partial charge in [-0.3, -0.25) is 14.4 Å². The van der Waals surface area contributed by atoms with E-state index in [-0.39, 0.29) is 38.4 Å². The second-order valence-electron chi connectivity index (χ2n) is 12.1. The highest BCUT2D eigenvalue weighted by molar-refractivity contribution is 5.72. The minimum atomic E-state index is -0.846. The Balaban J connectivity index is 4.62. The van der Waals surface area contributed by atoms with Crippen molar-refractivity contribution in [2.75, 3.05) is 13.2 Å². The van der Waals surface area contributed by atoms with Gasteiger partial charge in [-0.1, -0.05) is 130 Å². The number of unbranched alkanes of at least 4 members (excludes halogenated alkanes) is 4. The molecule has 6 nitrogen and oxygen atoms in total. The first kappa shape index (κ1) is 47.1. The third-order valence-electron chi connectivity index (χ3n) is 7.29. The standard InChI is InChI=1S/C45H68O6/c1-4-7-10-13-16-19-21-23-26-29-32-35-38-44(47)50-41-42(40-49-43(46)37-34-31-28-25-18-15-12-9-6-3)51-45(48)39-36-33-30-27-24-22-20-17-14-11-8-5-2/h7-12,16-20,23-27,31,34,42H,4-6,13-15,21-22,28-30,32-33,35-41H2,1-3H3/b10-7-,11-8-,12-9-,19-16-,20-17-,25-18-,26-23-,27-24-,34-31-. The average Bonchev–Trinajstić information content (AvgIpc) is 3.12. The van der Waals surface area contributed by atoms with Crippen molar-refractivity contribution < 1.29 is 28.6 Å². The zero-order valence-electron chi connectivity index (χ0n) is 32.1. The van der Waals surface area contributed by atoms with Gasteiger partial charge in [0.05, 0.1) is 6.42 Å². The molecular formula is C45H68O6. The Morgan fingerprint density at radius 1 is 0.412 bits per heavy atom. The molecule has 1 unspecified atom stereocenters. The summed E-state index contributed by atoms with van der Waals surface area (Å²) in [6, 6.07) is 0. The van der Waals surface area contributed by atoms with Crippen LogP contribution in [0.25, 0.3) is 0 Å². The van der Waals surface area contributed by atoms with E-state index in [9.17, 15) is 14.4 Å². The first-order chi connectivity index (χ1) is 25.0. The van der Waals surface area contributed by atoms with E-state index >= 15 is 0 Å². The summed E-state index contributed by atoms with van der Waals surface area (Å²) in [7, 11) is 0. The van der Waals surface area contributed by atoms with Crippen LogP contribution in [-0.2, 0) is 28.6 Å². The maximum Gasteiger partial charge on any atom is 0.309 e. The lowest BCUT2D eigenvalue weighted by Gasteiger charge is -2.18. The van der Waals surface area contributed by atoms with Gasteiger partial charge in [0.25, 0.3) is 0 Å². The van der Waals surface area contributed by atoms with E-state index in [0.717, 1.165) is 83.5 Å². The van der Waals surface area contributed by atoms with Crippen molar-refractivity contribution in [3.05, 3.63) is 109 Å². The van der Waals surface area contributed by atoms with E-state index in [4.69, 9.17) is 14.2 Å². The van der Waals surface area contributed by atoms with Crippen molar-refractivity contribution >= 4 is 17.9 Å². The van der Waals surface area contributed by atoms with Crippen molar-refractivity contribution in [1.29, 1.82) is 0 Å². The third-order valence-corrected chi connectivity index (χ3v) is 7.29. The molecule has 0 aliphatic carbocycles. The molecule has 0 aromatic rings. The first-order valence-electron chi connectivity index (χ1n) is 19.4. The highest BCUT2D eigenvalue weighted by Gasteiger charge is 2.19. The predicted octanol–water partition coefficient (Wildman–Crippen LogP) is 12.1. The molecule has 0 aliphatic heterocycles. The van der Waals surface area contributed by atoms with Crippen LogP contribution >= 0.6 is 0 Å². The Morgan fingerprint density at radius 2 is 0.765 bits per heavy atom. The van der Waals surface area contributed by atoms with Crippen LogP contribution in [0.4, 0.5) is 0 Å². The van der Waals surface area contributed by atoms with Gasteiger partial charge in [0.2, 0.25) is 0 Å². The van der Waals surface area contributed by atoms with Crippen LogP contribution in [0, 0.1) is 0 Å². The quantitative estimate of drug-likeness (QED) is 0.0300. The molecular weight excluding hydrogens is 636 g/mol. The minimum Gasteiger partial charge on any atom is -0.462 e. The average molecular weight is 705 g/mol. The summed E-state index contributed by atoms with van der Waals surface area (Å²) in [5.41, 5.74) is 0. The number of hydrogen-bond donors (Lipinski definition) is 0. The number of carbonyl (C=O) groups excluding carboxylic acids is 3. The molecule has 0 spiro atoms. The van der Waals surface area contributed by atoms with E-state index in [1.165, 1.54) is 0 Å². The lowest BCUT2D eigenvalue weighted by Crippen LogP contribution is -2.30. The van der Waals surface area contributed by atoms with Crippen LogP contribution in [0.2, 0.25) is 0 Å². The second-order valence-corrected chi connectivity index (χ2v) is 12.1. The number of esters is 3. The van der Waals surface area contributed by atoms with Crippen molar-refractivity contribution in [1.82, 2.24) is 0 Å². The van der Waals surface area contributed by atoms with Gasteiger partial charge in [0.15, 0.2) is 6.10 Å². The van der Waals surface area contributed by atoms with Crippen molar-refractivity contribution in [2.45, 2.75) is 142 Å². The molecule has 0 fully saturated rings. The zero-order valence-corrected chi connectivity index (χ0v) is 32.1. The van der Waals surface area contributed by atoms with Gasteiger partial charge in [-0.2, -0.15) is 0 Å². The molecule has 0 aliphatic rings. The fraction of sp³-hybridized carbons (Fsp3) is 0.533. The molecule has 0 aromatic carbocycles. The highest BCUT2D eigenvalue weighted by Crippen LogP contribution is 2.08. The first-order valence-corrected chi connectivity index (χ1v) is 19.4. The lowest BCUT2D eigenvalue weighted by molar-refractivity contribution is -0.166. The molecule has 1 atom stereocenters. The van der Waals surface area contributed by atoms with E-state index in [2.05, 4.69) is 118 Å². The maximum absolute atomic E-state index is 12.6. The van der Waals surface area contributed by atoms with Gasteiger partial charge in [-0.05, 0) is 96.3 Å². The monoisotopic (exact) mass is 705 g/mol. The summed E-state index contributed by atoms with van der Waals surface area (Å²) in [6.07, 6.45) is 51.2. The van der Waals surface area contributed by atoms with Crippen LogP contribution < -0.4 is 0 Å². The van der Waals surface area contributed by atoms with Crippen LogP contribution in [0.15, 0.2) is 109 Å². The SMILES string of the molecule is CC/C=C\C/C=C\C/C=C\CCCCC(=O)OCC(COC(=O)C/C=C\C/C=C\C/C=C\CC)OC(=O)CCCC/C=C\C/C=C\C/C=C\CC. The Hall–Kier alpha value is -3.93. The molecule has 0 amide bonds. The Labute approximate surface area is 310 Å². The molecule has 0 radical (unpaired) electrons. The predicted molar refractivity (Wildman–Crippen MR) is 214 cm³/mol. The summed E-state index contributed by atoms with van der Waals surface area (Å²) < 4.78 is 16.4. The van der Waals surface area contributed by atoms with Crippen molar-refractivity contribution in [3.63, 3.8) is 0 Å². The molecule has 6 heteroatoms. The van der Waals surface area contributed by atoms with Gasteiger partial charge >= 0.3 is 17.9 Å². The Kier molecular flexibility index (Phi) is 35.9. The maximum atomic E-state index is 12.6. The van der Waals surface area contributed by atoms with Crippen LogP contribution in [0.3, 0.4) is 0 Å². The second kappa shape index (κ2) is 38.9. The third kappa shape index (κ3) is 37.2. The van der Waals surface area contributed by atoms with Crippen LogP contribution in [-0.4, -0.2) is 37.2 Å². The van der Waals surface area contributed by atoms with E-state index in [0.29, 0.717) is 12.8 Å². The minimum absolute atomic E-state index is 0.115. The molecule has 0 saturated heterocycles. The summed E-state index contributed by atoms with van der Waals surface area (Å²) in [6.45, 7) is 6.06. The largest absolute Gasteiger partial charge is 0.462 e. The van der Waals surface area contributed by atoms with Gasteiger partial charge < -0.3 is 14.2 Å². The Morgan fingerprint density at radius 3 is 1.20 bits per heavy atom. The molecule has 0 heterocycles. The molecule has 0 bridgehead atoms. The topological polar surface area (TPSA) is 78.9 Å². The van der Waals surface area contributed by atoms with E-state index in [1.54, 1.807) is 6.08 Å². The molecule has 284 valence electrons. The molecule has 0 aromatic heterocycles. The van der Waals surface area contributed by atoms with Gasteiger partial charge in [-0.15, -0.1) is 0 Å². The van der Waals surface area contributed by atoms with Gasteiger partial charge in [0.1, 0.15) is 13.2 Å². The smallest absolute Gasteiger partial charge is 0.309 e. The molecule has 0 N–H and O–H groups in total. The fourth-order valence-electron chi connectivity index (χ4n) is 4.47. The molecule has 0 saturated carbocycles. The Bertz CT molecular complexity index is 1130. The summed E-state index contributed by atoms with van der Waals surface area (Å²) >= 11 is 0. The number of allylic oxidation sites excluding steroid dienone is 17. The summed E-state index contributed by atoms with van der Waals surface area (Å²) in [5.74, 6) is -1.17. The highest BCUT2D eigenvalue weighted by atomic mass is 16.6.